The molecule has 0 spiro atoms. The lowest BCUT2D eigenvalue weighted by atomic mass is 9.88. The van der Waals surface area contributed by atoms with E-state index in [2.05, 4.69) is 38.0 Å². The quantitative estimate of drug-likeness (QED) is 0.802. The number of nitrogens with zero attached hydrogens (tertiary/aromatic N) is 1. The van der Waals surface area contributed by atoms with Crippen molar-refractivity contribution in [3.63, 3.8) is 0 Å². The fraction of sp³-hybridized carbons (Fsp3) is 0.688. The van der Waals surface area contributed by atoms with Gasteiger partial charge in [-0.05, 0) is 43.4 Å². The van der Waals surface area contributed by atoms with Crippen LogP contribution in [0.3, 0.4) is 0 Å². The zero-order valence-electron chi connectivity index (χ0n) is 13.2. The largest absolute Gasteiger partial charge is 0.417 e. The molecule has 5 heteroatoms. The van der Waals surface area contributed by atoms with Crippen LogP contribution in [0.5, 0.6) is 0 Å². The lowest BCUT2D eigenvalue weighted by molar-refractivity contribution is -0.137. The van der Waals surface area contributed by atoms with Gasteiger partial charge < -0.3 is 5.32 Å². The van der Waals surface area contributed by atoms with Crippen molar-refractivity contribution >= 4 is 0 Å². The Morgan fingerprint density at radius 1 is 1.19 bits per heavy atom. The van der Waals surface area contributed by atoms with Crippen LogP contribution in [0, 0.1) is 5.41 Å². The maximum Gasteiger partial charge on any atom is 0.417 e. The highest BCUT2D eigenvalue weighted by atomic mass is 19.4. The molecule has 0 saturated carbocycles. The highest BCUT2D eigenvalue weighted by Gasteiger charge is 2.31. The first-order valence-corrected chi connectivity index (χ1v) is 7.40. The van der Waals surface area contributed by atoms with Crippen LogP contribution in [-0.4, -0.2) is 11.5 Å². The molecule has 1 heterocycles. The molecule has 0 saturated heterocycles. The first-order valence-electron chi connectivity index (χ1n) is 7.40. The number of halogens is 3. The maximum atomic E-state index is 12.6. The zero-order valence-corrected chi connectivity index (χ0v) is 13.2. The van der Waals surface area contributed by atoms with Gasteiger partial charge in [0.2, 0.25) is 0 Å². The molecule has 1 aromatic rings. The molecule has 1 N–H and O–H groups in total. The fourth-order valence-electron chi connectivity index (χ4n) is 2.03. The summed E-state index contributed by atoms with van der Waals surface area (Å²) >= 11 is 0. The average molecular weight is 302 g/mol. The minimum Gasteiger partial charge on any atom is -0.309 e. The van der Waals surface area contributed by atoms with E-state index in [1.807, 2.05) is 0 Å². The van der Waals surface area contributed by atoms with Gasteiger partial charge in [-0.25, -0.2) is 0 Å². The molecule has 0 radical (unpaired) electrons. The van der Waals surface area contributed by atoms with Crippen molar-refractivity contribution < 1.29 is 13.2 Å². The molecule has 1 atom stereocenters. The molecule has 2 nitrogen and oxygen atoms in total. The summed E-state index contributed by atoms with van der Waals surface area (Å²) in [6.07, 6.45) is -0.581. The molecule has 0 aliphatic heterocycles. The lowest BCUT2D eigenvalue weighted by Gasteiger charge is -2.24. The molecule has 0 fully saturated rings. The van der Waals surface area contributed by atoms with E-state index in [1.54, 1.807) is 0 Å². The van der Waals surface area contributed by atoms with Crippen LogP contribution < -0.4 is 5.32 Å². The summed E-state index contributed by atoms with van der Waals surface area (Å²) < 4.78 is 37.7. The van der Waals surface area contributed by atoms with Gasteiger partial charge in [0.05, 0.1) is 11.3 Å². The number of pyridine rings is 1. The Morgan fingerprint density at radius 3 is 2.29 bits per heavy atom. The van der Waals surface area contributed by atoms with E-state index in [0.29, 0.717) is 5.69 Å². The van der Waals surface area contributed by atoms with Crippen molar-refractivity contribution in [2.75, 3.05) is 6.54 Å². The van der Waals surface area contributed by atoms with Crippen LogP contribution >= 0.6 is 0 Å². The Morgan fingerprint density at radius 2 is 1.86 bits per heavy atom. The molecule has 1 aromatic heterocycles. The van der Waals surface area contributed by atoms with Gasteiger partial charge in [0.25, 0.3) is 0 Å². The number of hydrogen-bond acceptors (Lipinski definition) is 2. The van der Waals surface area contributed by atoms with Gasteiger partial charge in [-0.3, -0.25) is 4.98 Å². The van der Waals surface area contributed by atoms with Crippen LogP contribution in [0.25, 0.3) is 0 Å². The standard InChI is InChI=1S/C16H25F3N2/c1-5-10-20-14(8-9-15(2,3)4)13-7-6-12(11-21-13)16(17,18)19/h6-7,11,14,20H,5,8-10H2,1-4H3. The molecule has 0 bridgehead atoms. The van der Waals surface area contributed by atoms with E-state index in [0.717, 1.165) is 38.1 Å². The second-order valence-electron chi connectivity index (χ2n) is 6.58. The Bertz CT molecular complexity index is 419. The topological polar surface area (TPSA) is 24.9 Å². The third-order valence-electron chi connectivity index (χ3n) is 3.29. The monoisotopic (exact) mass is 302 g/mol. The van der Waals surface area contributed by atoms with Crippen molar-refractivity contribution in [1.29, 1.82) is 0 Å². The summed E-state index contributed by atoms with van der Waals surface area (Å²) in [6, 6.07) is 2.60. The van der Waals surface area contributed by atoms with E-state index >= 15 is 0 Å². The Kier molecular flexibility index (Phi) is 6.20. The van der Waals surface area contributed by atoms with Crippen molar-refractivity contribution in [3.05, 3.63) is 29.6 Å². The smallest absolute Gasteiger partial charge is 0.309 e. The van der Waals surface area contributed by atoms with E-state index in [9.17, 15) is 13.2 Å². The van der Waals surface area contributed by atoms with Gasteiger partial charge in [-0.1, -0.05) is 27.7 Å². The maximum absolute atomic E-state index is 12.6. The Hall–Kier alpha value is -1.10. The molecule has 0 aliphatic rings. The first kappa shape index (κ1) is 18.0. The SMILES string of the molecule is CCCNC(CCC(C)(C)C)c1ccc(C(F)(F)F)cn1. The van der Waals surface area contributed by atoms with E-state index in [4.69, 9.17) is 0 Å². The third-order valence-corrected chi connectivity index (χ3v) is 3.29. The van der Waals surface area contributed by atoms with Crippen LogP contribution in [0.4, 0.5) is 13.2 Å². The molecule has 1 rings (SSSR count). The Balaban J connectivity index is 2.82. The highest BCUT2D eigenvalue weighted by molar-refractivity contribution is 5.19. The van der Waals surface area contributed by atoms with E-state index in [-0.39, 0.29) is 11.5 Å². The number of rotatable bonds is 6. The molecule has 0 aromatic carbocycles. The summed E-state index contributed by atoms with van der Waals surface area (Å²) in [5, 5.41) is 3.37. The predicted octanol–water partition coefficient (Wildman–Crippen LogP) is 4.97. The third kappa shape index (κ3) is 6.46. The van der Waals surface area contributed by atoms with E-state index in [1.165, 1.54) is 6.07 Å². The fourth-order valence-corrected chi connectivity index (χ4v) is 2.03. The van der Waals surface area contributed by atoms with Gasteiger partial charge in [0, 0.05) is 12.2 Å². The Labute approximate surface area is 125 Å². The van der Waals surface area contributed by atoms with Crippen LogP contribution in [0.1, 0.15) is 64.3 Å². The second-order valence-corrected chi connectivity index (χ2v) is 6.58. The van der Waals surface area contributed by atoms with Gasteiger partial charge in [-0.15, -0.1) is 0 Å². The van der Waals surface area contributed by atoms with Gasteiger partial charge in [0.15, 0.2) is 0 Å². The molecule has 1 unspecified atom stereocenters. The van der Waals surface area contributed by atoms with Crippen LogP contribution in [0.15, 0.2) is 18.3 Å². The molecule has 21 heavy (non-hydrogen) atoms. The van der Waals surface area contributed by atoms with Gasteiger partial charge in [-0.2, -0.15) is 13.2 Å². The van der Waals surface area contributed by atoms with Crippen molar-refractivity contribution in [2.24, 2.45) is 5.41 Å². The minimum atomic E-state index is -4.33. The van der Waals surface area contributed by atoms with Crippen LogP contribution in [-0.2, 0) is 6.18 Å². The predicted molar refractivity (Wildman–Crippen MR) is 79.0 cm³/mol. The van der Waals surface area contributed by atoms with Gasteiger partial charge in [0.1, 0.15) is 0 Å². The summed E-state index contributed by atoms with van der Waals surface area (Å²) in [5.74, 6) is 0. The first-order chi connectivity index (χ1) is 9.63. The zero-order chi connectivity index (χ0) is 16.1. The van der Waals surface area contributed by atoms with E-state index < -0.39 is 11.7 Å². The summed E-state index contributed by atoms with van der Waals surface area (Å²) in [5.41, 5.74) is 0.176. The minimum absolute atomic E-state index is 0.00598. The molecular weight excluding hydrogens is 277 g/mol. The van der Waals surface area contributed by atoms with Crippen molar-refractivity contribution in [2.45, 2.75) is 59.2 Å². The summed E-state index contributed by atoms with van der Waals surface area (Å²) in [4.78, 5) is 4.02. The van der Waals surface area contributed by atoms with Crippen molar-refractivity contribution in [1.82, 2.24) is 10.3 Å². The summed E-state index contributed by atoms with van der Waals surface area (Å²) in [7, 11) is 0. The molecule has 0 aliphatic carbocycles. The second kappa shape index (κ2) is 7.25. The average Bonchev–Trinajstić information content (AvgIpc) is 2.37. The number of alkyl halides is 3. The number of hydrogen-bond donors (Lipinski definition) is 1. The summed E-state index contributed by atoms with van der Waals surface area (Å²) in [6.45, 7) is 9.36. The van der Waals surface area contributed by atoms with Crippen LogP contribution in [0.2, 0.25) is 0 Å². The molecular formula is C16H25F3N2. The highest BCUT2D eigenvalue weighted by Crippen LogP contribution is 2.30. The number of aromatic nitrogens is 1. The molecule has 120 valence electrons. The molecule has 0 amide bonds. The number of nitrogens with one attached hydrogen (secondary N) is 1. The van der Waals surface area contributed by atoms with Crippen molar-refractivity contribution in [3.8, 4) is 0 Å². The lowest BCUT2D eigenvalue weighted by Crippen LogP contribution is -2.24. The normalized spacial score (nSPS) is 14.2. The van der Waals surface area contributed by atoms with Gasteiger partial charge >= 0.3 is 6.18 Å².